The second-order valence-corrected chi connectivity index (χ2v) is 9.87. The minimum absolute atomic E-state index is 0.139. The third kappa shape index (κ3) is 4.51. The maximum Gasteiger partial charge on any atom is 0.262 e. The van der Waals surface area contributed by atoms with Crippen LogP contribution in [0, 0.1) is 0 Å². The topological polar surface area (TPSA) is 55.8 Å². The van der Waals surface area contributed by atoms with E-state index in [9.17, 15) is 9.59 Å². The van der Waals surface area contributed by atoms with Crippen molar-refractivity contribution in [2.45, 2.75) is 45.5 Å². The average Bonchev–Trinajstić information content (AvgIpc) is 2.24. The van der Waals surface area contributed by atoms with Crippen LogP contribution in [0.25, 0.3) is 0 Å². The number of likely N-dealkylation sites (N-methyl/N-ethyl adjacent to an activating group) is 1. The Labute approximate surface area is 111 Å². The van der Waals surface area contributed by atoms with E-state index >= 15 is 0 Å². The molecule has 0 aromatic carbocycles. The average molecular weight is 275 g/mol. The summed E-state index contributed by atoms with van der Waals surface area (Å²) in [5.41, 5.74) is -1.40. The van der Waals surface area contributed by atoms with Gasteiger partial charge in [0, 0.05) is 20.6 Å². The molecule has 0 aliphatic heterocycles. The molecule has 18 heavy (non-hydrogen) atoms. The lowest BCUT2D eigenvalue weighted by Crippen LogP contribution is -2.57. The molecular weight excluding hydrogens is 250 g/mol. The first-order chi connectivity index (χ1) is 8.08. The highest BCUT2D eigenvalue weighted by Gasteiger charge is 2.45. The van der Waals surface area contributed by atoms with Crippen LogP contribution in [0.4, 0.5) is 0 Å². The van der Waals surface area contributed by atoms with Gasteiger partial charge in [0.15, 0.2) is 19.7 Å². The van der Waals surface area contributed by atoms with Crippen LogP contribution in [0.1, 0.15) is 20.3 Å². The Morgan fingerprint density at radius 3 is 2.11 bits per heavy atom. The summed E-state index contributed by atoms with van der Waals surface area (Å²) >= 11 is 0. The zero-order valence-corrected chi connectivity index (χ0v) is 13.5. The Kier molecular flexibility index (Phi) is 6.19. The predicted octanol–water partition coefficient (Wildman–Crippen LogP) is 1.64. The maximum absolute atomic E-state index is 12.4. The van der Waals surface area contributed by atoms with Crippen LogP contribution >= 0.6 is 0 Å². The zero-order chi connectivity index (χ0) is 14.6. The van der Waals surface area contributed by atoms with Crippen LogP contribution in [-0.2, 0) is 18.8 Å². The predicted molar refractivity (Wildman–Crippen MR) is 72.8 cm³/mol. The molecule has 0 heterocycles. The van der Waals surface area contributed by atoms with E-state index in [1.54, 1.807) is 20.9 Å². The number of rotatable bonds is 7. The minimum atomic E-state index is -2.01. The van der Waals surface area contributed by atoms with Gasteiger partial charge in [0.1, 0.15) is 6.73 Å². The van der Waals surface area contributed by atoms with Crippen molar-refractivity contribution in [1.82, 2.24) is 4.90 Å². The van der Waals surface area contributed by atoms with E-state index in [1.807, 2.05) is 19.6 Å². The van der Waals surface area contributed by atoms with Gasteiger partial charge in [-0.2, -0.15) is 0 Å². The first-order valence-corrected chi connectivity index (χ1v) is 9.47. The van der Waals surface area contributed by atoms with Gasteiger partial charge in [-0.3, -0.25) is 9.59 Å². The molecule has 6 heteroatoms. The van der Waals surface area contributed by atoms with E-state index in [0.717, 1.165) is 0 Å². The molecule has 0 fully saturated rings. The number of hydrogen-bond donors (Lipinski definition) is 0. The highest BCUT2D eigenvalue weighted by Crippen LogP contribution is 2.23. The number of carbonyl (C=O) groups is 2. The van der Waals surface area contributed by atoms with Crippen molar-refractivity contribution in [1.29, 1.82) is 0 Å². The molecular formula is C12H25NO4Si. The van der Waals surface area contributed by atoms with Crippen molar-refractivity contribution in [3.05, 3.63) is 0 Å². The Bertz CT molecular complexity index is 314. The summed E-state index contributed by atoms with van der Waals surface area (Å²) in [6.45, 7) is 9.30. The fourth-order valence-electron chi connectivity index (χ4n) is 1.79. The first kappa shape index (κ1) is 17.3. The molecule has 0 radical (unpaired) electrons. The summed E-state index contributed by atoms with van der Waals surface area (Å²) in [5.74, 6) is -0.545. The van der Waals surface area contributed by atoms with Crippen molar-refractivity contribution in [2.24, 2.45) is 0 Å². The second kappa shape index (κ2) is 6.45. The first-order valence-electron chi connectivity index (χ1n) is 6.06. The third-order valence-corrected chi connectivity index (χ3v) is 3.46. The summed E-state index contributed by atoms with van der Waals surface area (Å²) in [7, 11) is 1.09. The SMILES string of the molecule is CCC(=O)C(C)(O[Si](C)(C)C)C(=O)N(C)COC. The minimum Gasteiger partial charge on any atom is -0.398 e. The van der Waals surface area contributed by atoms with Crippen LogP contribution < -0.4 is 0 Å². The lowest BCUT2D eigenvalue weighted by Gasteiger charge is -2.36. The van der Waals surface area contributed by atoms with E-state index < -0.39 is 13.9 Å². The van der Waals surface area contributed by atoms with Gasteiger partial charge in [0.05, 0.1) is 0 Å². The third-order valence-electron chi connectivity index (χ3n) is 2.44. The molecule has 5 nitrogen and oxygen atoms in total. The number of nitrogens with zero attached hydrogens (tertiary/aromatic N) is 1. The molecule has 0 aliphatic rings. The van der Waals surface area contributed by atoms with Crippen molar-refractivity contribution >= 4 is 20.0 Å². The smallest absolute Gasteiger partial charge is 0.262 e. The molecule has 1 atom stereocenters. The molecule has 0 aliphatic carbocycles. The quantitative estimate of drug-likeness (QED) is 0.403. The van der Waals surface area contributed by atoms with Gasteiger partial charge < -0.3 is 14.1 Å². The molecule has 0 saturated heterocycles. The van der Waals surface area contributed by atoms with Crippen LogP contribution in [-0.4, -0.2) is 51.4 Å². The lowest BCUT2D eigenvalue weighted by molar-refractivity contribution is -0.158. The molecule has 1 amide bonds. The molecule has 0 N–H and O–H groups in total. The van der Waals surface area contributed by atoms with Gasteiger partial charge in [-0.05, 0) is 26.6 Å². The molecule has 0 bridgehead atoms. The number of ether oxygens (including phenoxy) is 1. The number of methoxy groups -OCH3 is 1. The van der Waals surface area contributed by atoms with E-state index in [4.69, 9.17) is 9.16 Å². The standard InChI is InChI=1S/C12H25NO4Si/c1-8-10(14)12(2,17-18(5,6)7)11(15)13(3)9-16-4/h8-9H2,1-7H3. The maximum atomic E-state index is 12.4. The Balaban J connectivity index is 5.22. The molecule has 0 rings (SSSR count). The molecule has 0 aromatic heterocycles. The normalized spacial score (nSPS) is 15.1. The van der Waals surface area contributed by atoms with Crippen LogP contribution in [0.3, 0.4) is 0 Å². The molecule has 0 saturated carbocycles. The summed E-state index contributed by atoms with van der Waals surface area (Å²) in [6, 6.07) is 0. The van der Waals surface area contributed by atoms with Crippen molar-refractivity contribution in [3.63, 3.8) is 0 Å². The van der Waals surface area contributed by atoms with Gasteiger partial charge in [-0.25, -0.2) is 0 Å². The van der Waals surface area contributed by atoms with E-state index in [0.29, 0.717) is 0 Å². The van der Waals surface area contributed by atoms with Crippen molar-refractivity contribution < 1.29 is 18.8 Å². The Hall–Kier alpha value is -0.723. The van der Waals surface area contributed by atoms with E-state index in [2.05, 4.69) is 0 Å². The van der Waals surface area contributed by atoms with Crippen molar-refractivity contribution in [2.75, 3.05) is 20.9 Å². The van der Waals surface area contributed by atoms with Crippen LogP contribution in [0.5, 0.6) is 0 Å². The fourth-order valence-corrected chi connectivity index (χ4v) is 3.21. The second-order valence-electron chi connectivity index (χ2n) is 5.45. The molecule has 106 valence electrons. The van der Waals surface area contributed by atoms with E-state index in [1.165, 1.54) is 12.0 Å². The number of carbonyl (C=O) groups excluding carboxylic acids is 2. The highest BCUT2D eigenvalue weighted by atomic mass is 28.4. The number of amides is 1. The fraction of sp³-hybridized carbons (Fsp3) is 0.833. The molecule has 0 spiro atoms. The Morgan fingerprint density at radius 2 is 1.78 bits per heavy atom. The molecule has 0 aromatic rings. The zero-order valence-electron chi connectivity index (χ0n) is 12.5. The van der Waals surface area contributed by atoms with Crippen LogP contribution in [0.2, 0.25) is 19.6 Å². The van der Waals surface area contributed by atoms with Gasteiger partial charge >= 0.3 is 0 Å². The summed E-state index contributed by atoms with van der Waals surface area (Å²) in [5, 5.41) is 0. The monoisotopic (exact) mass is 275 g/mol. The number of hydrogen-bond acceptors (Lipinski definition) is 4. The van der Waals surface area contributed by atoms with Gasteiger partial charge in [0.25, 0.3) is 5.91 Å². The summed E-state index contributed by atoms with van der Waals surface area (Å²) < 4.78 is 10.8. The van der Waals surface area contributed by atoms with Gasteiger partial charge in [0.2, 0.25) is 0 Å². The highest BCUT2D eigenvalue weighted by molar-refractivity contribution is 6.70. The lowest BCUT2D eigenvalue weighted by atomic mass is 9.97. The van der Waals surface area contributed by atoms with E-state index in [-0.39, 0.29) is 24.8 Å². The van der Waals surface area contributed by atoms with Crippen LogP contribution in [0.15, 0.2) is 0 Å². The number of Topliss-reactive ketones (excluding diaryl/α,β-unsaturated/α-hetero) is 1. The van der Waals surface area contributed by atoms with Gasteiger partial charge in [-0.1, -0.05) is 6.92 Å². The summed E-state index contributed by atoms with van der Waals surface area (Å²) in [6.07, 6.45) is 0.271. The molecule has 1 unspecified atom stereocenters. The number of ketones is 1. The Morgan fingerprint density at radius 1 is 1.28 bits per heavy atom. The van der Waals surface area contributed by atoms with Crippen molar-refractivity contribution in [3.8, 4) is 0 Å². The largest absolute Gasteiger partial charge is 0.398 e. The summed E-state index contributed by atoms with van der Waals surface area (Å²) in [4.78, 5) is 25.8. The van der Waals surface area contributed by atoms with Gasteiger partial charge in [-0.15, -0.1) is 0 Å².